The number of hydrogen-bond donors (Lipinski definition) is 0. The number of rotatable bonds is 6. The summed E-state index contributed by atoms with van der Waals surface area (Å²) in [6, 6.07) is 9.98. The predicted octanol–water partition coefficient (Wildman–Crippen LogP) is 2.93. The second-order valence-electron chi connectivity index (χ2n) is 6.42. The Labute approximate surface area is 143 Å². The van der Waals surface area contributed by atoms with Crippen molar-refractivity contribution in [1.82, 2.24) is 14.7 Å². The molecule has 24 heavy (non-hydrogen) atoms. The number of aromatic nitrogens is 2. The number of amides is 1. The van der Waals surface area contributed by atoms with E-state index in [1.807, 2.05) is 47.0 Å². The molecule has 0 spiro atoms. The van der Waals surface area contributed by atoms with Crippen molar-refractivity contribution in [1.29, 1.82) is 0 Å². The summed E-state index contributed by atoms with van der Waals surface area (Å²) in [4.78, 5) is 14.7. The fourth-order valence-electron chi connectivity index (χ4n) is 3.22. The van der Waals surface area contributed by atoms with E-state index in [2.05, 4.69) is 12.0 Å². The number of benzene rings is 1. The van der Waals surface area contributed by atoms with Crippen LogP contribution in [0.3, 0.4) is 0 Å². The highest BCUT2D eigenvalue weighted by Gasteiger charge is 2.24. The van der Waals surface area contributed by atoms with Crippen LogP contribution in [0.15, 0.2) is 36.5 Å². The van der Waals surface area contributed by atoms with Crippen molar-refractivity contribution in [3.8, 4) is 5.69 Å². The Morgan fingerprint density at radius 3 is 2.83 bits per heavy atom. The molecule has 0 aliphatic carbocycles. The fourth-order valence-corrected chi connectivity index (χ4v) is 3.22. The summed E-state index contributed by atoms with van der Waals surface area (Å²) in [5.74, 6) is 0.491. The zero-order valence-electron chi connectivity index (χ0n) is 14.4. The maximum absolute atomic E-state index is 12.9. The standard InChI is InChI=1S/C19H25N3O2/c1-3-7-18-17(12-20-22(18)16-8-5-4-6-9-16)19(23)21(2)13-15-10-11-24-14-15/h4-6,8-9,12,15H,3,7,10-11,13-14H2,1-2H3. The smallest absolute Gasteiger partial charge is 0.257 e. The van der Waals surface area contributed by atoms with Crippen LogP contribution in [-0.2, 0) is 11.2 Å². The highest BCUT2D eigenvalue weighted by atomic mass is 16.5. The molecule has 1 amide bonds. The highest BCUT2D eigenvalue weighted by molar-refractivity contribution is 5.95. The summed E-state index contributed by atoms with van der Waals surface area (Å²) in [6.07, 6.45) is 4.54. The van der Waals surface area contributed by atoms with Crippen molar-refractivity contribution in [3.05, 3.63) is 47.8 Å². The van der Waals surface area contributed by atoms with E-state index in [0.717, 1.165) is 50.4 Å². The molecule has 1 aliphatic rings. The minimum absolute atomic E-state index is 0.0486. The molecule has 1 atom stereocenters. The summed E-state index contributed by atoms with van der Waals surface area (Å²) in [5, 5.41) is 4.48. The molecule has 2 heterocycles. The van der Waals surface area contributed by atoms with Crippen LogP contribution in [0.1, 0.15) is 35.8 Å². The van der Waals surface area contributed by atoms with Gasteiger partial charge in [0, 0.05) is 26.1 Å². The first-order valence-corrected chi connectivity index (χ1v) is 8.66. The van der Waals surface area contributed by atoms with Gasteiger partial charge in [0.05, 0.1) is 29.7 Å². The van der Waals surface area contributed by atoms with Gasteiger partial charge in [-0.3, -0.25) is 4.79 Å². The van der Waals surface area contributed by atoms with Crippen LogP contribution in [0.25, 0.3) is 5.69 Å². The maximum atomic E-state index is 12.9. The number of carbonyl (C=O) groups is 1. The largest absolute Gasteiger partial charge is 0.381 e. The lowest BCUT2D eigenvalue weighted by Gasteiger charge is -2.20. The Bertz CT molecular complexity index is 675. The zero-order chi connectivity index (χ0) is 16.9. The van der Waals surface area contributed by atoms with E-state index in [0.29, 0.717) is 11.5 Å². The second-order valence-corrected chi connectivity index (χ2v) is 6.42. The third-order valence-electron chi connectivity index (χ3n) is 4.49. The Morgan fingerprint density at radius 1 is 1.38 bits per heavy atom. The summed E-state index contributed by atoms with van der Waals surface area (Å²) >= 11 is 0. The highest BCUT2D eigenvalue weighted by Crippen LogP contribution is 2.20. The first-order valence-electron chi connectivity index (χ1n) is 8.66. The van der Waals surface area contributed by atoms with Crippen molar-refractivity contribution < 1.29 is 9.53 Å². The normalized spacial score (nSPS) is 17.2. The van der Waals surface area contributed by atoms with Gasteiger partial charge in [-0.15, -0.1) is 0 Å². The van der Waals surface area contributed by atoms with Crippen LogP contribution >= 0.6 is 0 Å². The molecule has 1 saturated heterocycles. The van der Waals surface area contributed by atoms with Crippen LogP contribution < -0.4 is 0 Å². The van der Waals surface area contributed by atoms with Crippen molar-refractivity contribution >= 4 is 5.91 Å². The molecular weight excluding hydrogens is 302 g/mol. The fraction of sp³-hybridized carbons (Fsp3) is 0.474. The Balaban J connectivity index is 1.84. The van der Waals surface area contributed by atoms with E-state index >= 15 is 0 Å². The molecule has 5 nitrogen and oxygen atoms in total. The van der Waals surface area contributed by atoms with E-state index in [1.165, 1.54) is 0 Å². The summed E-state index contributed by atoms with van der Waals surface area (Å²) in [6.45, 7) is 4.42. The summed E-state index contributed by atoms with van der Waals surface area (Å²) < 4.78 is 7.31. The van der Waals surface area contributed by atoms with Crippen molar-refractivity contribution in [2.75, 3.05) is 26.8 Å². The predicted molar refractivity (Wildman–Crippen MR) is 93.4 cm³/mol. The molecule has 1 aromatic heterocycles. The molecule has 3 rings (SSSR count). The van der Waals surface area contributed by atoms with E-state index in [1.54, 1.807) is 6.20 Å². The molecule has 1 aliphatic heterocycles. The minimum atomic E-state index is 0.0486. The van der Waals surface area contributed by atoms with Crippen LogP contribution in [-0.4, -0.2) is 47.4 Å². The summed E-state index contributed by atoms with van der Waals surface area (Å²) in [5.41, 5.74) is 2.69. The van der Waals surface area contributed by atoms with Gasteiger partial charge in [-0.1, -0.05) is 31.5 Å². The maximum Gasteiger partial charge on any atom is 0.257 e. The van der Waals surface area contributed by atoms with E-state index in [4.69, 9.17) is 4.74 Å². The zero-order valence-corrected chi connectivity index (χ0v) is 14.4. The Morgan fingerprint density at radius 2 is 2.17 bits per heavy atom. The quantitative estimate of drug-likeness (QED) is 0.819. The van der Waals surface area contributed by atoms with Gasteiger partial charge in [-0.05, 0) is 25.0 Å². The Hall–Kier alpha value is -2.14. The monoisotopic (exact) mass is 327 g/mol. The number of para-hydroxylation sites is 1. The molecule has 0 radical (unpaired) electrons. The van der Waals surface area contributed by atoms with Crippen LogP contribution in [0, 0.1) is 5.92 Å². The number of ether oxygens (including phenoxy) is 1. The van der Waals surface area contributed by atoms with Gasteiger partial charge < -0.3 is 9.64 Å². The number of nitrogens with zero attached hydrogens (tertiary/aromatic N) is 3. The van der Waals surface area contributed by atoms with Crippen LogP contribution in [0.4, 0.5) is 0 Å². The van der Waals surface area contributed by atoms with Crippen molar-refractivity contribution in [3.63, 3.8) is 0 Å². The average molecular weight is 327 g/mol. The van der Waals surface area contributed by atoms with Crippen molar-refractivity contribution in [2.24, 2.45) is 5.92 Å². The summed E-state index contributed by atoms with van der Waals surface area (Å²) in [7, 11) is 1.87. The molecule has 0 N–H and O–H groups in total. The molecule has 2 aromatic rings. The lowest BCUT2D eigenvalue weighted by atomic mass is 10.1. The lowest BCUT2D eigenvalue weighted by Crippen LogP contribution is -2.32. The van der Waals surface area contributed by atoms with Crippen LogP contribution in [0.5, 0.6) is 0 Å². The average Bonchev–Trinajstić information content (AvgIpc) is 3.25. The van der Waals surface area contributed by atoms with E-state index in [-0.39, 0.29) is 5.91 Å². The molecule has 1 aromatic carbocycles. The van der Waals surface area contributed by atoms with Gasteiger partial charge in [0.2, 0.25) is 0 Å². The first kappa shape index (κ1) is 16.7. The van der Waals surface area contributed by atoms with Gasteiger partial charge in [0.25, 0.3) is 5.91 Å². The van der Waals surface area contributed by atoms with Crippen LogP contribution in [0.2, 0.25) is 0 Å². The molecule has 128 valence electrons. The molecule has 1 unspecified atom stereocenters. The van der Waals surface area contributed by atoms with Gasteiger partial charge >= 0.3 is 0 Å². The second kappa shape index (κ2) is 7.62. The first-order chi connectivity index (χ1) is 11.7. The van der Waals surface area contributed by atoms with Gasteiger partial charge in [0.1, 0.15) is 0 Å². The Kier molecular flexibility index (Phi) is 5.30. The third-order valence-corrected chi connectivity index (χ3v) is 4.49. The lowest BCUT2D eigenvalue weighted by molar-refractivity contribution is 0.0765. The van der Waals surface area contributed by atoms with E-state index in [9.17, 15) is 4.79 Å². The number of hydrogen-bond acceptors (Lipinski definition) is 3. The molecule has 1 fully saturated rings. The van der Waals surface area contributed by atoms with Gasteiger partial charge in [-0.25, -0.2) is 4.68 Å². The van der Waals surface area contributed by atoms with E-state index < -0.39 is 0 Å². The minimum Gasteiger partial charge on any atom is -0.381 e. The topological polar surface area (TPSA) is 47.4 Å². The number of carbonyl (C=O) groups excluding carboxylic acids is 1. The van der Waals surface area contributed by atoms with Gasteiger partial charge in [-0.2, -0.15) is 5.10 Å². The molecular formula is C19H25N3O2. The molecule has 0 bridgehead atoms. The third kappa shape index (κ3) is 3.51. The molecule has 0 saturated carbocycles. The van der Waals surface area contributed by atoms with Gasteiger partial charge in [0.15, 0.2) is 0 Å². The SMILES string of the molecule is CCCc1c(C(=O)N(C)CC2CCOC2)cnn1-c1ccccc1. The molecule has 5 heteroatoms. The van der Waals surface area contributed by atoms with Crippen molar-refractivity contribution in [2.45, 2.75) is 26.2 Å².